The van der Waals surface area contributed by atoms with E-state index in [1.54, 1.807) is 23.7 Å². The first-order valence-corrected chi connectivity index (χ1v) is 8.23. The second kappa shape index (κ2) is 7.29. The van der Waals surface area contributed by atoms with Crippen LogP contribution in [0.5, 0.6) is 0 Å². The van der Waals surface area contributed by atoms with Crippen LogP contribution < -0.4 is 5.32 Å². The number of imidazole rings is 1. The zero-order valence-electron chi connectivity index (χ0n) is 12.5. The van der Waals surface area contributed by atoms with Gasteiger partial charge in [-0.15, -0.1) is 11.3 Å². The molecule has 0 fully saturated rings. The average molecular weight is 313 g/mol. The molecule has 3 aromatic rings. The summed E-state index contributed by atoms with van der Waals surface area (Å²) in [6.07, 6.45) is 10.2. The SMILES string of the molecule is C[C@H](Cn1ccnc1)NCCc1csc(-c2ccncc2)n1. The highest BCUT2D eigenvalue weighted by atomic mass is 32.1. The molecule has 0 spiro atoms. The van der Waals surface area contributed by atoms with Gasteiger partial charge < -0.3 is 9.88 Å². The van der Waals surface area contributed by atoms with Gasteiger partial charge in [0, 0.05) is 61.3 Å². The van der Waals surface area contributed by atoms with E-state index >= 15 is 0 Å². The van der Waals surface area contributed by atoms with Crippen molar-refractivity contribution in [3.63, 3.8) is 0 Å². The molecule has 0 aliphatic carbocycles. The minimum absolute atomic E-state index is 0.410. The van der Waals surface area contributed by atoms with Crippen LogP contribution in [0.2, 0.25) is 0 Å². The van der Waals surface area contributed by atoms with Gasteiger partial charge >= 0.3 is 0 Å². The highest BCUT2D eigenvalue weighted by Gasteiger charge is 2.06. The van der Waals surface area contributed by atoms with Crippen LogP contribution in [0.4, 0.5) is 0 Å². The van der Waals surface area contributed by atoms with Crippen molar-refractivity contribution in [3.8, 4) is 10.6 Å². The lowest BCUT2D eigenvalue weighted by Crippen LogP contribution is -2.31. The van der Waals surface area contributed by atoms with Crippen LogP contribution in [0.1, 0.15) is 12.6 Å². The fourth-order valence-electron chi connectivity index (χ4n) is 2.27. The molecular formula is C16H19N5S. The summed E-state index contributed by atoms with van der Waals surface area (Å²) < 4.78 is 2.09. The Hall–Kier alpha value is -2.05. The number of hydrogen-bond acceptors (Lipinski definition) is 5. The van der Waals surface area contributed by atoms with E-state index in [2.05, 4.69) is 37.1 Å². The number of nitrogens with one attached hydrogen (secondary N) is 1. The van der Waals surface area contributed by atoms with Gasteiger partial charge in [-0.25, -0.2) is 9.97 Å². The number of hydrogen-bond donors (Lipinski definition) is 1. The van der Waals surface area contributed by atoms with Gasteiger partial charge in [0.1, 0.15) is 5.01 Å². The number of pyridine rings is 1. The molecule has 0 saturated heterocycles. The van der Waals surface area contributed by atoms with Crippen LogP contribution >= 0.6 is 11.3 Å². The van der Waals surface area contributed by atoms with E-state index < -0.39 is 0 Å². The third-order valence-electron chi connectivity index (χ3n) is 3.40. The predicted molar refractivity (Wildman–Crippen MR) is 88.7 cm³/mol. The van der Waals surface area contributed by atoms with E-state index in [1.807, 2.05) is 30.9 Å². The molecule has 0 aliphatic rings. The van der Waals surface area contributed by atoms with Crippen LogP contribution in [-0.2, 0) is 13.0 Å². The van der Waals surface area contributed by atoms with E-state index in [4.69, 9.17) is 0 Å². The van der Waals surface area contributed by atoms with E-state index in [9.17, 15) is 0 Å². The maximum atomic E-state index is 4.69. The second-order valence-electron chi connectivity index (χ2n) is 5.24. The van der Waals surface area contributed by atoms with Crippen LogP contribution in [0, 0.1) is 0 Å². The van der Waals surface area contributed by atoms with Crippen LogP contribution in [0.15, 0.2) is 48.6 Å². The van der Waals surface area contributed by atoms with Crippen molar-refractivity contribution in [1.29, 1.82) is 0 Å². The Morgan fingerprint density at radius 2 is 2.09 bits per heavy atom. The summed E-state index contributed by atoms with van der Waals surface area (Å²) in [4.78, 5) is 12.8. The van der Waals surface area contributed by atoms with Crippen molar-refractivity contribution in [2.24, 2.45) is 0 Å². The lowest BCUT2D eigenvalue weighted by Gasteiger charge is -2.13. The quantitative estimate of drug-likeness (QED) is 0.728. The molecule has 0 unspecified atom stereocenters. The standard InChI is InChI=1S/C16H19N5S/c1-13(10-21-9-8-18-12-21)19-7-4-15-11-22-16(20-15)14-2-5-17-6-3-14/h2-3,5-6,8-9,11-13,19H,4,7,10H2,1H3/t13-/m1/s1. The Kier molecular flexibility index (Phi) is 4.92. The Morgan fingerprint density at radius 3 is 2.86 bits per heavy atom. The Balaban J connectivity index is 1.47. The van der Waals surface area contributed by atoms with Gasteiger partial charge in [0.15, 0.2) is 0 Å². The van der Waals surface area contributed by atoms with Crippen molar-refractivity contribution < 1.29 is 0 Å². The maximum Gasteiger partial charge on any atom is 0.123 e. The summed E-state index contributed by atoms with van der Waals surface area (Å²) in [6, 6.07) is 4.40. The molecular weight excluding hydrogens is 294 g/mol. The molecule has 0 radical (unpaired) electrons. The summed E-state index contributed by atoms with van der Waals surface area (Å²) in [7, 11) is 0. The predicted octanol–water partition coefficient (Wildman–Crippen LogP) is 2.62. The number of aromatic nitrogens is 4. The molecule has 0 saturated carbocycles. The van der Waals surface area contributed by atoms with Crippen molar-refractivity contribution in [3.05, 3.63) is 54.3 Å². The summed E-state index contributed by atoms with van der Waals surface area (Å²) in [5.74, 6) is 0. The first-order chi connectivity index (χ1) is 10.8. The van der Waals surface area contributed by atoms with E-state index in [0.29, 0.717) is 6.04 Å². The maximum absolute atomic E-state index is 4.69. The molecule has 3 aromatic heterocycles. The monoisotopic (exact) mass is 313 g/mol. The minimum atomic E-state index is 0.410. The molecule has 0 amide bonds. The van der Waals surface area contributed by atoms with Gasteiger partial charge in [0.05, 0.1) is 12.0 Å². The van der Waals surface area contributed by atoms with Gasteiger partial charge in [-0.1, -0.05) is 0 Å². The first kappa shape index (κ1) is 14.9. The Morgan fingerprint density at radius 1 is 1.23 bits per heavy atom. The molecule has 5 nitrogen and oxygen atoms in total. The van der Waals surface area contributed by atoms with Crippen molar-refractivity contribution in [2.75, 3.05) is 6.54 Å². The number of rotatable bonds is 7. The molecule has 0 aliphatic heterocycles. The molecule has 1 atom stereocenters. The number of thiazole rings is 1. The highest BCUT2D eigenvalue weighted by molar-refractivity contribution is 7.13. The molecule has 0 aromatic carbocycles. The van der Waals surface area contributed by atoms with Gasteiger partial charge in [0.2, 0.25) is 0 Å². The van der Waals surface area contributed by atoms with Crippen molar-refractivity contribution >= 4 is 11.3 Å². The lowest BCUT2D eigenvalue weighted by atomic mass is 10.2. The molecule has 1 N–H and O–H groups in total. The minimum Gasteiger partial charge on any atom is -0.336 e. The molecule has 22 heavy (non-hydrogen) atoms. The number of nitrogens with zero attached hydrogens (tertiary/aromatic N) is 4. The molecule has 6 heteroatoms. The average Bonchev–Trinajstić information content (AvgIpc) is 3.20. The van der Waals surface area contributed by atoms with Crippen LogP contribution in [0.25, 0.3) is 10.6 Å². The Bertz CT molecular complexity index is 678. The lowest BCUT2D eigenvalue weighted by molar-refractivity contribution is 0.479. The van der Waals surface area contributed by atoms with Crippen LogP contribution in [0.3, 0.4) is 0 Å². The van der Waals surface area contributed by atoms with Gasteiger partial charge in [-0.05, 0) is 19.1 Å². The smallest absolute Gasteiger partial charge is 0.123 e. The summed E-state index contributed by atoms with van der Waals surface area (Å²) >= 11 is 1.69. The highest BCUT2D eigenvalue weighted by Crippen LogP contribution is 2.22. The second-order valence-corrected chi connectivity index (χ2v) is 6.10. The zero-order chi connectivity index (χ0) is 15.2. The topological polar surface area (TPSA) is 55.6 Å². The fourth-order valence-corrected chi connectivity index (χ4v) is 3.13. The van der Waals surface area contributed by atoms with Gasteiger partial charge in [-0.2, -0.15) is 0 Å². The van der Waals surface area contributed by atoms with Crippen molar-refractivity contribution in [1.82, 2.24) is 24.8 Å². The third kappa shape index (κ3) is 3.99. The zero-order valence-corrected chi connectivity index (χ0v) is 13.3. The summed E-state index contributed by atoms with van der Waals surface area (Å²) in [6.45, 7) is 4.04. The normalized spacial score (nSPS) is 12.4. The van der Waals surface area contributed by atoms with E-state index in [0.717, 1.165) is 35.8 Å². The molecule has 0 bridgehead atoms. The van der Waals surface area contributed by atoms with Gasteiger partial charge in [0.25, 0.3) is 0 Å². The third-order valence-corrected chi connectivity index (χ3v) is 4.34. The first-order valence-electron chi connectivity index (χ1n) is 7.35. The molecule has 114 valence electrons. The summed E-state index contributed by atoms with van der Waals surface area (Å²) in [5.41, 5.74) is 2.27. The van der Waals surface area contributed by atoms with E-state index in [1.165, 1.54) is 0 Å². The Labute approximate surface area is 134 Å². The fraction of sp³-hybridized carbons (Fsp3) is 0.312. The largest absolute Gasteiger partial charge is 0.336 e. The van der Waals surface area contributed by atoms with Crippen LogP contribution in [-0.4, -0.2) is 32.1 Å². The molecule has 3 heterocycles. The summed E-state index contributed by atoms with van der Waals surface area (Å²) in [5, 5.41) is 6.72. The molecule has 3 rings (SSSR count). The van der Waals surface area contributed by atoms with Gasteiger partial charge in [-0.3, -0.25) is 4.98 Å². The van der Waals surface area contributed by atoms with E-state index in [-0.39, 0.29) is 0 Å². The van der Waals surface area contributed by atoms with Crippen molar-refractivity contribution in [2.45, 2.75) is 25.9 Å².